The van der Waals surface area contributed by atoms with Gasteiger partial charge in [0.1, 0.15) is 0 Å². The summed E-state index contributed by atoms with van der Waals surface area (Å²) < 4.78 is 10.9. The molecule has 1 saturated carbocycles. The molecule has 6 nitrogen and oxygen atoms in total. The van der Waals surface area contributed by atoms with E-state index in [0.29, 0.717) is 12.6 Å². The van der Waals surface area contributed by atoms with Gasteiger partial charge in [-0.05, 0) is 58.6 Å². The average Bonchev–Trinajstić information content (AvgIpc) is 2.68. The first-order valence-electron chi connectivity index (χ1n) is 9.97. The second kappa shape index (κ2) is 11.0. The van der Waals surface area contributed by atoms with Crippen molar-refractivity contribution in [2.45, 2.75) is 63.2 Å². The minimum absolute atomic E-state index is 0.0343. The third kappa shape index (κ3) is 6.34. The number of ether oxygens (including phenoxy) is 2. The van der Waals surface area contributed by atoms with Crippen LogP contribution in [0.5, 0.6) is 0 Å². The SMILES string of the molecule is CCNC(=NCC1(SC)CCOCC1)NC1CCC(C(=O)OCC)CC1. The Labute approximate surface area is 162 Å². The molecule has 2 fully saturated rings. The Balaban J connectivity index is 1.86. The summed E-state index contributed by atoms with van der Waals surface area (Å²) in [7, 11) is 0. The summed E-state index contributed by atoms with van der Waals surface area (Å²) in [6, 6.07) is 0.374. The minimum atomic E-state index is -0.0343. The van der Waals surface area contributed by atoms with E-state index in [1.54, 1.807) is 0 Å². The topological polar surface area (TPSA) is 72.0 Å². The van der Waals surface area contributed by atoms with Crippen molar-refractivity contribution >= 4 is 23.7 Å². The van der Waals surface area contributed by atoms with Crippen LogP contribution in [-0.4, -0.2) is 61.9 Å². The smallest absolute Gasteiger partial charge is 0.308 e. The summed E-state index contributed by atoms with van der Waals surface area (Å²) in [5.74, 6) is 0.925. The zero-order valence-electron chi connectivity index (χ0n) is 16.5. The maximum absolute atomic E-state index is 11.9. The van der Waals surface area contributed by atoms with Crippen LogP contribution in [0.2, 0.25) is 0 Å². The molecule has 1 aliphatic heterocycles. The minimum Gasteiger partial charge on any atom is -0.466 e. The molecule has 0 unspecified atom stereocenters. The number of hydrogen-bond acceptors (Lipinski definition) is 5. The van der Waals surface area contributed by atoms with E-state index in [1.807, 2.05) is 18.7 Å². The molecule has 1 aliphatic carbocycles. The van der Waals surface area contributed by atoms with Crippen molar-refractivity contribution in [2.24, 2.45) is 10.9 Å². The van der Waals surface area contributed by atoms with Crippen molar-refractivity contribution in [1.29, 1.82) is 0 Å². The van der Waals surface area contributed by atoms with Gasteiger partial charge in [0.05, 0.1) is 19.1 Å². The Kier molecular flexibility index (Phi) is 9.05. The largest absolute Gasteiger partial charge is 0.466 e. The van der Waals surface area contributed by atoms with E-state index in [4.69, 9.17) is 14.5 Å². The van der Waals surface area contributed by atoms with Gasteiger partial charge in [-0.25, -0.2) is 0 Å². The van der Waals surface area contributed by atoms with Gasteiger partial charge in [-0.2, -0.15) is 11.8 Å². The lowest BCUT2D eigenvalue weighted by molar-refractivity contribution is -0.149. The highest BCUT2D eigenvalue weighted by atomic mass is 32.2. The fraction of sp³-hybridized carbons (Fsp3) is 0.895. The fourth-order valence-corrected chi connectivity index (χ4v) is 4.41. The second-order valence-electron chi connectivity index (χ2n) is 7.14. The Bertz CT molecular complexity index is 459. The monoisotopic (exact) mass is 385 g/mol. The fourth-order valence-electron chi connectivity index (χ4n) is 3.64. The normalized spacial score (nSPS) is 26.2. The van der Waals surface area contributed by atoms with Crippen LogP contribution >= 0.6 is 11.8 Å². The van der Waals surface area contributed by atoms with Gasteiger partial charge in [-0.3, -0.25) is 9.79 Å². The van der Waals surface area contributed by atoms with Crippen LogP contribution in [0.15, 0.2) is 4.99 Å². The van der Waals surface area contributed by atoms with Gasteiger partial charge < -0.3 is 20.1 Å². The highest BCUT2D eigenvalue weighted by Gasteiger charge is 2.32. The van der Waals surface area contributed by atoms with Crippen molar-refractivity contribution in [1.82, 2.24) is 10.6 Å². The predicted molar refractivity (Wildman–Crippen MR) is 108 cm³/mol. The number of rotatable bonds is 7. The third-order valence-electron chi connectivity index (χ3n) is 5.39. The van der Waals surface area contributed by atoms with Crippen molar-refractivity contribution in [3.63, 3.8) is 0 Å². The summed E-state index contributed by atoms with van der Waals surface area (Å²) in [5.41, 5.74) is 0. The van der Waals surface area contributed by atoms with Gasteiger partial charge >= 0.3 is 5.97 Å². The molecule has 7 heteroatoms. The molecular formula is C19H35N3O3S. The summed E-state index contributed by atoms with van der Waals surface area (Å²) >= 11 is 1.91. The third-order valence-corrected chi connectivity index (χ3v) is 6.80. The maximum atomic E-state index is 11.9. The van der Waals surface area contributed by atoms with Crippen molar-refractivity contribution in [2.75, 3.05) is 39.2 Å². The molecule has 2 rings (SSSR count). The van der Waals surface area contributed by atoms with Crippen molar-refractivity contribution in [3.8, 4) is 0 Å². The van der Waals surface area contributed by atoms with E-state index in [0.717, 1.165) is 70.8 Å². The lowest BCUT2D eigenvalue weighted by Crippen LogP contribution is -2.46. The van der Waals surface area contributed by atoms with E-state index in [9.17, 15) is 4.79 Å². The number of hydrogen-bond donors (Lipinski definition) is 2. The molecule has 1 saturated heterocycles. The van der Waals surface area contributed by atoms with E-state index in [1.165, 1.54) is 0 Å². The van der Waals surface area contributed by atoms with Gasteiger partial charge in [-0.15, -0.1) is 0 Å². The Morgan fingerprint density at radius 2 is 1.92 bits per heavy atom. The average molecular weight is 386 g/mol. The molecule has 0 bridgehead atoms. The zero-order valence-corrected chi connectivity index (χ0v) is 17.3. The molecule has 0 aromatic heterocycles. The van der Waals surface area contributed by atoms with E-state index in [2.05, 4.69) is 23.8 Å². The quantitative estimate of drug-likeness (QED) is 0.399. The first kappa shape index (κ1) is 21.4. The molecule has 0 spiro atoms. The van der Waals surface area contributed by atoms with Crippen LogP contribution in [0.1, 0.15) is 52.4 Å². The van der Waals surface area contributed by atoms with Crippen LogP contribution in [0.4, 0.5) is 0 Å². The van der Waals surface area contributed by atoms with E-state index >= 15 is 0 Å². The van der Waals surface area contributed by atoms with Gasteiger partial charge in [0.25, 0.3) is 0 Å². The Hall–Kier alpha value is -0.950. The van der Waals surface area contributed by atoms with Gasteiger partial charge in [-0.1, -0.05) is 0 Å². The van der Waals surface area contributed by atoms with Crippen molar-refractivity contribution in [3.05, 3.63) is 0 Å². The number of nitrogens with one attached hydrogen (secondary N) is 2. The molecule has 150 valence electrons. The molecule has 2 N–H and O–H groups in total. The molecule has 0 amide bonds. The molecule has 1 heterocycles. The lowest BCUT2D eigenvalue weighted by atomic mass is 9.86. The summed E-state index contributed by atoms with van der Waals surface area (Å²) in [6.07, 6.45) is 8.04. The van der Waals surface area contributed by atoms with Crippen molar-refractivity contribution < 1.29 is 14.3 Å². The highest BCUT2D eigenvalue weighted by Crippen LogP contribution is 2.34. The number of carbonyl (C=O) groups is 1. The van der Waals surface area contributed by atoms with Gasteiger partial charge in [0.15, 0.2) is 5.96 Å². The summed E-state index contributed by atoms with van der Waals surface area (Å²) in [5, 5.41) is 6.95. The van der Waals surface area contributed by atoms with Gasteiger partial charge in [0, 0.05) is 30.5 Å². The molecule has 0 aromatic rings. The lowest BCUT2D eigenvalue weighted by Gasteiger charge is -2.34. The molecule has 0 atom stereocenters. The predicted octanol–water partition coefficient (Wildman–Crippen LogP) is 2.58. The molecule has 2 aliphatic rings. The number of esters is 1. The van der Waals surface area contributed by atoms with Crippen LogP contribution in [0.3, 0.4) is 0 Å². The number of guanidine groups is 1. The van der Waals surface area contributed by atoms with E-state index in [-0.39, 0.29) is 16.6 Å². The molecule has 26 heavy (non-hydrogen) atoms. The van der Waals surface area contributed by atoms with Gasteiger partial charge in [0.2, 0.25) is 0 Å². The molecule has 0 aromatic carbocycles. The second-order valence-corrected chi connectivity index (χ2v) is 8.41. The summed E-state index contributed by atoms with van der Waals surface area (Å²) in [6.45, 7) is 7.75. The standard InChI is InChI=1S/C19H35N3O3S/c1-4-20-18(21-14-19(26-3)10-12-24-13-11-19)22-16-8-6-15(7-9-16)17(23)25-5-2/h15-16H,4-14H2,1-3H3,(H2,20,21,22). The summed E-state index contributed by atoms with van der Waals surface area (Å²) in [4.78, 5) is 16.8. The first-order valence-corrected chi connectivity index (χ1v) is 11.2. The van der Waals surface area contributed by atoms with E-state index < -0.39 is 0 Å². The maximum Gasteiger partial charge on any atom is 0.308 e. The van der Waals surface area contributed by atoms with Crippen LogP contribution < -0.4 is 10.6 Å². The zero-order chi connectivity index (χ0) is 18.8. The Morgan fingerprint density at radius 3 is 2.50 bits per heavy atom. The molecular weight excluding hydrogens is 350 g/mol. The number of aliphatic imine (C=N–C) groups is 1. The number of carbonyl (C=O) groups excluding carboxylic acids is 1. The highest BCUT2D eigenvalue weighted by molar-refractivity contribution is 8.00. The number of thioether (sulfide) groups is 1. The Morgan fingerprint density at radius 1 is 1.23 bits per heavy atom. The van der Waals surface area contributed by atoms with Crippen LogP contribution in [-0.2, 0) is 14.3 Å². The van der Waals surface area contributed by atoms with Crippen LogP contribution in [0, 0.1) is 5.92 Å². The number of nitrogens with zero attached hydrogens (tertiary/aromatic N) is 1. The molecule has 0 radical (unpaired) electrons. The first-order chi connectivity index (χ1) is 12.6. The van der Waals surface area contributed by atoms with Crippen LogP contribution in [0.25, 0.3) is 0 Å².